The maximum atomic E-state index is 10.7. The number of methoxy groups -OCH3 is 1. The lowest BCUT2D eigenvalue weighted by molar-refractivity contribution is -0.136. The molecule has 0 aromatic rings. The van der Waals surface area contributed by atoms with Gasteiger partial charge >= 0.3 is 5.97 Å². The molecule has 4 heteroatoms. The second-order valence-corrected chi connectivity index (χ2v) is 1.89. The van der Waals surface area contributed by atoms with Crippen molar-refractivity contribution in [1.29, 1.82) is 0 Å². The van der Waals surface area contributed by atoms with Crippen LogP contribution in [0.5, 0.6) is 0 Å². The Labute approximate surface area is 65.4 Å². The van der Waals surface area contributed by atoms with E-state index in [9.17, 15) is 4.79 Å². The summed E-state index contributed by atoms with van der Waals surface area (Å²) in [5.41, 5.74) is 0.376. The van der Waals surface area contributed by atoms with Gasteiger partial charge in [-0.3, -0.25) is 0 Å². The Morgan fingerprint density at radius 3 is 2.73 bits per heavy atom. The number of aliphatic hydroxyl groups excluding tert-OH is 1. The van der Waals surface area contributed by atoms with E-state index in [2.05, 4.69) is 4.74 Å². The minimum Gasteiger partial charge on any atom is -0.498 e. The van der Waals surface area contributed by atoms with Crippen LogP contribution < -0.4 is 0 Å². The molecule has 0 amide bonds. The quantitative estimate of drug-likeness (QED) is 0.274. The normalized spacial score (nSPS) is 11.0. The van der Waals surface area contributed by atoms with Crippen molar-refractivity contribution in [1.82, 2.24) is 0 Å². The summed E-state index contributed by atoms with van der Waals surface area (Å²) in [5, 5.41) is 8.30. The minimum absolute atomic E-state index is 0.0645. The van der Waals surface area contributed by atoms with Crippen LogP contribution in [0.4, 0.5) is 0 Å². The molecule has 0 bridgehead atoms. The van der Waals surface area contributed by atoms with E-state index in [4.69, 9.17) is 9.84 Å². The van der Waals surface area contributed by atoms with Crippen LogP contribution in [0.25, 0.3) is 0 Å². The molecule has 4 nitrogen and oxygen atoms in total. The maximum absolute atomic E-state index is 10.7. The van der Waals surface area contributed by atoms with E-state index in [-0.39, 0.29) is 13.2 Å². The zero-order valence-electron chi connectivity index (χ0n) is 6.66. The number of carbonyl (C=O) groups excluding carboxylic acids is 1. The van der Waals surface area contributed by atoms with Crippen molar-refractivity contribution in [3.63, 3.8) is 0 Å². The highest BCUT2D eigenvalue weighted by molar-refractivity contribution is 5.87. The van der Waals surface area contributed by atoms with Crippen molar-refractivity contribution < 1.29 is 19.4 Å². The molecule has 0 radical (unpaired) electrons. The predicted molar refractivity (Wildman–Crippen MR) is 38.8 cm³/mol. The average Bonchev–Trinajstić information content (AvgIpc) is 2.03. The topological polar surface area (TPSA) is 55.8 Å². The number of ether oxygens (including phenoxy) is 2. The van der Waals surface area contributed by atoms with Gasteiger partial charge in [-0.2, -0.15) is 0 Å². The van der Waals surface area contributed by atoms with Gasteiger partial charge in [0.1, 0.15) is 6.61 Å². The molecular formula is C7H12O4. The first-order valence-electron chi connectivity index (χ1n) is 3.20. The number of hydrogen-bond acceptors (Lipinski definition) is 4. The number of aliphatic hydroxyl groups is 1. The van der Waals surface area contributed by atoms with Crippen LogP contribution in [-0.2, 0) is 14.3 Å². The van der Waals surface area contributed by atoms with E-state index in [1.54, 1.807) is 6.92 Å². The van der Waals surface area contributed by atoms with Crippen LogP contribution in [0.15, 0.2) is 11.8 Å². The van der Waals surface area contributed by atoms with Crippen LogP contribution in [0.2, 0.25) is 0 Å². The molecule has 0 saturated carbocycles. The van der Waals surface area contributed by atoms with Gasteiger partial charge in [0.25, 0.3) is 0 Å². The van der Waals surface area contributed by atoms with E-state index in [1.807, 2.05) is 0 Å². The monoisotopic (exact) mass is 160 g/mol. The molecule has 0 aliphatic heterocycles. The fraction of sp³-hybridized carbons (Fsp3) is 0.571. The van der Waals surface area contributed by atoms with Gasteiger partial charge in [0.2, 0.25) is 0 Å². The summed E-state index contributed by atoms with van der Waals surface area (Å²) in [6, 6.07) is 0. The zero-order chi connectivity index (χ0) is 8.69. The third-order valence-electron chi connectivity index (χ3n) is 0.977. The summed E-state index contributed by atoms with van der Waals surface area (Å²) in [6.07, 6.45) is 1.27. The Morgan fingerprint density at radius 1 is 1.64 bits per heavy atom. The van der Waals surface area contributed by atoms with E-state index in [0.29, 0.717) is 5.57 Å². The highest BCUT2D eigenvalue weighted by atomic mass is 16.5. The van der Waals surface area contributed by atoms with Gasteiger partial charge in [0.05, 0.1) is 25.6 Å². The second-order valence-electron chi connectivity index (χ2n) is 1.89. The summed E-state index contributed by atoms with van der Waals surface area (Å²) in [6.45, 7) is 1.70. The number of hydrogen-bond donors (Lipinski definition) is 1. The van der Waals surface area contributed by atoms with Gasteiger partial charge < -0.3 is 14.6 Å². The SMILES string of the molecule is COC(=O)C(C)=COCCO. The smallest absolute Gasteiger partial charge is 0.336 e. The minimum atomic E-state index is -0.428. The zero-order valence-corrected chi connectivity index (χ0v) is 6.66. The summed E-state index contributed by atoms with van der Waals surface area (Å²) in [4.78, 5) is 10.7. The van der Waals surface area contributed by atoms with Crippen molar-refractivity contribution in [2.24, 2.45) is 0 Å². The van der Waals surface area contributed by atoms with Gasteiger partial charge in [0.15, 0.2) is 0 Å². The fourth-order valence-corrected chi connectivity index (χ4v) is 0.446. The molecule has 1 N–H and O–H groups in total. The van der Waals surface area contributed by atoms with Gasteiger partial charge in [0, 0.05) is 0 Å². The Kier molecular flexibility index (Phi) is 5.20. The van der Waals surface area contributed by atoms with Crippen LogP contribution in [0.1, 0.15) is 6.92 Å². The van der Waals surface area contributed by atoms with Gasteiger partial charge in [-0.05, 0) is 6.92 Å². The average molecular weight is 160 g/mol. The van der Waals surface area contributed by atoms with Gasteiger partial charge in [-0.25, -0.2) is 4.79 Å². The van der Waals surface area contributed by atoms with E-state index < -0.39 is 5.97 Å². The molecule has 0 aromatic carbocycles. The number of esters is 1. The first kappa shape index (κ1) is 9.97. The molecule has 0 aromatic heterocycles. The molecule has 0 aliphatic carbocycles. The van der Waals surface area contributed by atoms with Crippen molar-refractivity contribution >= 4 is 5.97 Å². The van der Waals surface area contributed by atoms with E-state index in [0.717, 1.165) is 0 Å². The lowest BCUT2D eigenvalue weighted by Crippen LogP contribution is -2.03. The highest BCUT2D eigenvalue weighted by Crippen LogP contribution is 1.94. The lowest BCUT2D eigenvalue weighted by atomic mass is 10.3. The molecular weight excluding hydrogens is 148 g/mol. The summed E-state index contributed by atoms with van der Waals surface area (Å²) >= 11 is 0. The highest BCUT2D eigenvalue weighted by Gasteiger charge is 2.01. The second kappa shape index (κ2) is 5.73. The summed E-state index contributed by atoms with van der Waals surface area (Å²) in [5.74, 6) is -0.428. The standard InChI is InChI=1S/C7H12O4/c1-6(7(9)10-2)5-11-4-3-8/h5,8H,3-4H2,1-2H3. The molecule has 0 spiro atoms. The third kappa shape index (κ3) is 4.38. The maximum Gasteiger partial charge on any atom is 0.336 e. The van der Waals surface area contributed by atoms with Crippen molar-refractivity contribution in [3.8, 4) is 0 Å². The molecule has 0 heterocycles. The Morgan fingerprint density at radius 2 is 2.27 bits per heavy atom. The predicted octanol–water partition coefficient (Wildman–Crippen LogP) is 0.0721. The van der Waals surface area contributed by atoms with Gasteiger partial charge in [-0.15, -0.1) is 0 Å². The fourth-order valence-electron chi connectivity index (χ4n) is 0.446. The Hall–Kier alpha value is -1.03. The first-order chi connectivity index (χ1) is 5.22. The van der Waals surface area contributed by atoms with Crippen LogP contribution in [0.3, 0.4) is 0 Å². The molecule has 11 heavy (non-hydrogen) atoms. The summed E-state index contributed by atoms with van der Waals surface area (Å²) in [7, 11) is 1.30. The van der Waals surface area contributed by atoms with Crippen LogP contribution >= 0.6 is 0 Å². The largest absolute Gasteiger partial charge is 0.498 e. The molecule has 0 atom stereocenters. The molecule has 0 fully saturated rings. The summed E-state index contributed by atoms with van der Waals surface area (Å²) < 4.78 is 9.15. The van der Waals surface area contributed by atoms with Crippen LogP contribution in [0, 0.1) is 0 Å². The molecule has 0 saturated heterocycles. The number of rotatable bonds is 4. The van der Waals surface area contributed by atoms with Gasteiger partial charge in [-0.1, -0.05) is 0 Å². The van der Waals surface area contributed by atoms with Crippen molar-refractivity contribution in [2.45, 2.75) is 6.92 Å². The first-order valence-corrected chi connectivity index (χ1v) is 3.20. The van der Waals surface area contributed by atoms with Crippen molar-refractivity contribution in [2.75, 3.05) is 20.3 Å². The molecule has 64 valence electrons. The molecule has 0 unspecified atom stereocenters. The Balaban J connectivity index is 3.71. The van der Waals surface area contributed by atoms with E-state index in [1.165, 1.54) is 13.4 Å². The Bertz CT molecular complexity index is 151. The van der Waals surface area contributed by atoms with Crippen molar-refractivity contribution in [3.05, 3.63) is 11.8 Å². The molecule has 0 aliphatic rings. The third-order valence-corrected chi connectivity index (χ3v) is 0.977. The lowest BCUT2D eigenvalue weighted by Gasteiger charge is -1.99. The molecule has 0 rings (SSSR count). The number of carbonyl (C=O) groups is 1. The van der Waals surface area contributed by atoms with Crippen LogP contribution in [-0.4, -0.2) is 31.4 Å². The van der Waals surface area contributed by atoms with E-state index >= 15 is 0 Å².